The van der Waals surface area contributed by atoms with Gasteiger partial charge in [-0.2, -0.15) is 35.1 Å². The van der Waals surface area contributed by atoms with Gasteiger partial charge in [-0.3, -0.25) is 0 Å². The summed E-state index contributed by atoms with van der Waals surface area (Å²) in [5.41, 5.74) is -8.95. The molecule has 0 aromatic heterocycles. The summed E-state index contributed by atoms with van der Waals surface area (Å²) in [5, 5.41) is 8.92. The molecular weight excluding hydrogens is 406 g/mol. The maximum Gasteiger partial charge on any atom is 0.431 e. The zero-order valence-electron chi connectivity index (χ0n) is 13.1. The molecule has 2 bridgehead atoms. The van der Waals surface area contributed by atoms with Gasteiger partial charge in [-0.15, -0.1) is 0 Å². The van der Waals surface area contributed by atoms with Crippen molar-refractivity contribution in [1.29, 1.82) is 0 Å². The molecule has 1 N–H and O–H groups in total. The van der Waals surface area contributed by atoms with E-state index in [4.69, 9.17) is 5.11 Å². The standard InChI is InChI=1S/C14H12F10O3/c15-5-11(26,14(22,23)24)12(17,18)8(13(19,20)21)27-9(25)10(16)4-6-1-2-7(10)3-6/h1-2,6-8,26H,3-5H2. The van der Waals surface area contributed by atoms with Gasteiger partial charge < -0.3 is 9.84 Å². The smallest absolute Gasteiger partial charge is 0.431 e. The molecule has 2 rings (SSSR count). The van der Waals surface area contributed by atoms with E-state index in [9.17, 15) is 48.7 Å². The number of hydrogen-bond donors (Lipinski definition) is 1. The number of alkyl halides is 10. The average Bonchev–Trinajstić information content (AvgIpc) is 3.09. The lowest BCUT2D eigenvalue weighted by Crippen LogP contribution is -2.68. The maximum absolute atomic E-state index is 14.7. The number of esters is 1. The van der Waals surface area contributed by atoms with Crippen molar-refractivity contribution in [3.63, 3.8) is 0 Å². The van der Waals surface area contributed by atoms with Gasteiger partial charge in [-0.05, 0) is 18.8 Å². The Bertz CT molecular complexity index is 628. The van der Waals surface area contributed by atoms with E-state index < -0.39 is 66.5 Å². The second kappa shape index (κ2) is 6.24. The van der Waals surface area contributed by atoms with Gasteiger partial charge >= 0.3 is 24.2 Å². The zero-order chi connectivity index (χ0) is 21.1. The lowest BCUT2D eigenvalue weighted by Gasteiger charge is -2.40. The second-order valence-corrected chi connectivity index (χ2v) is 6.50. The van der Waals surface area contributed by atoms with Gasteiger partial charge in [0, 0.05) is 5.92 Å². The minimum atomic E-state index is -6.55. The van der Waals surface area contributed by atoms with Gasteiger partial charge in [-0.25, -0.2) is 13.6 Å². The van der Waals surface area contributed by atoms with Crippen molar-refractivity contribution in [2.24, 2.45) is 11.8 Å². The first kappa shape index (κ1) is 21.8. The first-order chi connectivity index (χ1) is 12.0. The van der Waals surface area contributed by atoms with Crippen LogP contribution in [0.3, 0.4) is 0 Å². The monoisotopic (exact) mass is 418 g/mol. The molecule has 0 spiro atoms. The van der Waals surface area contributed by atoms with Gasteiger partial charge in [0.15, 0.2) is 0 Å². The van der Waals surface area contributed by atoms with Crippen LogP contribution in [0.1, 0.15) is 12.8 Å². The van der Waals surface area contributed by atoms with E-state index in [0.29, 0.717) is 0 Å². The molecule has 0 saturated heterocycles. The van der Waals surface area contributed by atoms with Crippen molar-refractivity contribution < 1.29 is 58.5 Å². The van der Waals surface area contributed by atoms with Crippen LogP contribution in [0.2, 0.25) is 0 Å². The Morgan fingerprint density at radius 2 is 1.70 bits per heavy atom. The lowest BCUT2D eigenvalue weighted by atomic mass is 9.89. The van der Waals surface area contributed by atoms with Gasteiger partial charge in [0.25, 0.3) is 11.7 Å². The zero-order valence-corrected chi connectivity index (χ0v) is 13.1. The summed E-state index contributed by atoms with van der Waals surface area (Å²) in [7, 11) is 0. The number of rotatable bonds is 5. The highest BCUT2D eigenvalue weighted by molar-refractivity contribution is 5.81. The van der Waals surface area contributed by atoms with Crippen molar-refractivity contribution in [2.45, 2.75) is 48.5 Å². The quantitative estimate of drug-likeness (QED) is 0.421. The maximum atomic E-state index is 14.7. The summed E-state index contributed by atoms with van der Waals surface area (Å²) in [6.45, 7) is -3.36. The summed E-state index contributed by atoms with van der Waals surface area (Å²) >= 11 is 0. The van der Waals surface area contributed by atoms with Crippen molar-refractivity contribution >= 4 is 5.97 Å². The van der Waals surface area contributed by atoms with Crippen LogP contribution in [0.25, 0.3) is 0 Å². The minimum Gasteiger partial charge on any atom is -0.444 e. The highest BCUT2D eigenvalue weighted by Gasteiger charge is 2.78. The number of allylic oxidation sites excluding steroid dienone is 2. The number of halogens is 10. The van der Waals surface area contributed by atoms with E-state index in [1.807, 2.05) is 0 Å². The Labute approximate surface area is 145 Å². The highest BCUT2D eigenvalue weighted by Crippen LogP contribution is 2.52. The molecule has 3 nitrogen and oxygen atoms in total. The van der Waals surface area contributed by atoms with Crippen molar-refractivity contribution in [2.75, 3.05) is 6.67 Å². The Morgan fingerprint density at radius 1 is 1.15 bits per heavy atom. The normalized spacial score (nSPS) is 31.7. The van der Waals surface area contributed by atoms with Crippen LogP contribution in [0.15, 0.2) is 12.2 Å². The van der Waals surface area contributed by atoms with Crippen LogP contribution in [0.4, 0.5) is 43.9 Å². The molecule has 0 aromatic carbocycles. The predicted octanol–water partition coefficient (Wildman–Crippen LogP) is 3.66. The summed E-state index contributed by atoms with van der Waals surface area (Å²) in [5.74, 6) is -10.7. The fourth-order valence-electron chi connectivity index (χ4n) is 3.15. The fourth-order valence-corrected chi connectivity index (χ4v) is 3.15. The number of aliphatic hydroxyl groups is 1. The van der Waals surface area contributed by atoms with E-state index in [0.717, 1.165) is 6.08 Å². The van der Waals surface area contributed by atoms with E-state index in [-0.39, 0.29) is 6.42 Å². The molecular formula is C14H12F10O3. The molecule has 0 aromatic rings. The first-order valence-electron chi connectivity index (χ1n) is 7.38. The molecule has 1 saturated carbocycles. The molecule has 2 aliphatic rings. The number of fused-ring (bicyclic) bond motifs is 2. The van der Waals surface area contributed by atoms with Crippen molar-refractivity contribution in [3.8, 4) is 0 Å². The molecule has 156 valence electrons. The predicted molar refractivity (Wildman–Crippen MR) is 67.1 cm³/mol. The lowest BCUT2D eigenvalue weighted by molar-refractivity contribution is -0.380. The number of ether oxygens (including phenoxy) is 1. The van der Waals surface area contributed by atoms with Gasteiger partial charge in [-0.1, -0.05) is 12.2 Å². The Hall–Kier alpha value is -1.53. The number of carbonyl (C=O) groups is 1. The molecule has 0 radical (unpaired) electrons. The Kier molecular flexibility index (Phi) is 5.03. The average molecular weight is 418 g/mol. The van der Waals surface area contributed by atoms with Crippen LogP contribution in [-0.2, 0) is 9.53 Å². The molecule has 27 heavy (non-hydrogen) atoms. The third kappa shape index (κ3) is 3.27. The van der Waals surface area contributed by atoms with E-state index >= 15 is 0 Å². The SMILES string of the molecule is O=C(OC(C(F)(F)F)C(F)(F)C(O)(CF)C(F)(F)F)C1(F)CC2C=CC1C2. The van der Waals surface area contributed by atoms with Crippen LogP contribution < -0.4 is 0 Å². The largest absolute Gasteiger partial charge is 0.444 e. The third-order valence-corrected chi connectivity index (χ3v) is 4.72. The molecule has 0 amide bonds. The van der Waals surface area contributed by atoms with E-state index in [1.54, 1.807) is 0 Å². The van der Waals surface area contributed by atoms with Crippen molar-refractivity contribution in [3.05, 3.63) is 12.2 Å². The Balaban J connectivity index is 2.39. The number of carbonyl (C=O) groups excluding carboxylic acids is 1. The Morgan fingerprint density at radius 3 is 2.04 bits per heavy atom. The van der Waals surface area contributed by atoms with Gasteiger partial charge in [0.05, 0.1) is 0 Å². The first-order valence-corrected chi connectivity index (χ1v) is 7.38. The molecule has 1 fully saturated rings. The summed E-state index contributed by atoms with van der Waals surface area (Å²) in [4.78, 5) is 11.8. The van der Waals surface area contributed by atoms with Crippen molar-refractivity contribution in [1.82, 2.24) is 0 Å². The molecule has 5 unspecified atom stereocenters. The molecule has 0 aliphatic heterocycles. The molecule has 5 atom stereocenters. The summed E-state index contributed by atoms with van der Waals surface area (Å²) in [6.07, 6.45) is -16.0. The van der Waals surface area contributed by atoms with E-state index in [1.165, 1.54) is 6.08 Å². The van der Waals surface area contributed by atoms with Gasteiger partial charge in [0.1, 0.15) is 6.67 Å². The van der Waals surface area contributed by atoms with Gasteiger partial charge in [0.2, 0.25) is 5.67 Å². The number of hydrogen-bond acceptors (Lipinski definition) is 3. The second-order valence-electron chi connectivity index (χ2n) is 6.50. The summed E-state index contributed by atoms with van der Waals surface area (Å²) < 4.78 is 135. The fraction of sp³-hybridized carbons (Fsp3) is 0.786. The molecule has 0 heterocycles. The van der Waals surface area contributed by atoms with E-state index in [2.05, 4.69) is 4.74 Å². The van der Waals surface area contributed by atoms with Crippen LogP contribution >= 0.6 is 0 Å². The van der Waals surface area contributed by atoms with Crippen LogP contribution in [0.5, 0.6) is 0 Å². The van der Waals surface area contributed by atoms with Crippen LogP contribution in [0, 0.1) is 11.8 Å². The highest BCUT2D eigenvalue weighted by atomic mass is 19.4. The minimum absolute atomic E-state index is 0.0182. The third-order valence-electron chi connectivity index (χ3n) is 4.72. The van der Waals surface area contributed by atoms with Crippen LogP contribution in [-0.4, -0.2) is 53.4 Å². The molecule has 2 aliphatic carbocycles. The molecule has 13 heteroatoms. The summed E-state index contributed by atoms with van der Waals surface area (Å²) in [6, 6.07) is 0. The topological polar surface area (TPSA) is 46.5 Å².